The van der Waals surface area contributed by atoms with E-state index in [-0.39, 0.29) is 0 Å². The van der Waals surface area contributed by atoms with Crippen molar-refractivity contribution in [1.82, 2.24) is 25.3 Å². The number of nitrogens with one attached hydrogen (secondary N) is 1. The Kier molecular flexibility index (Phi) is 4.70. The molecule has 0 saturated carbocycles. The molecule has 1 N–H and O–H groups in total. The van der Waals surface area contributed by atoms with E-state index in [9.17, 15) is 0 Å². The van der Waals surface area contributed by atoms with Crippen molar-refractivity contribution in [3.63, 3.8) is 0 Å². The third-order valence-corrected chi connectivity index (χ3v) is 3.96. The van der Waals surface area contributed by atoms with Gasteiger partial charge in [0, 0.05) is 30.2 Å². The molecule has 3 rings (SSSR count). The molecule has 3 aromatic rings. The van der Waals surface area contributed by atoms with Gasteiger partial charge < -0.3 is 5.32 Å². The fourth-order valence-electron chi connectivity index (χ4n) is 2.05. The summed E-state index contributed by atoms with van der Waals surface area (Å²) < 4.78 is 1.85. The summed E-state index contributed by atoms with van der Waals surface area (Å²) in [6.45, 7) is 2.65. The summed E-state index contributed by atoms with van der Waals surface area (Å²) in [5, 5.41) is 14.4. The van der Waals surface area contributed by atoms with E-state index in [1.54, 1.807) is 17.5 Å². The van der Waals surface area contributed by atoms with Crippen LogP contribution in [-0.2, 0) is 13.1 Å². The molecule has 0 radical (unpaired) electrons. The zero-order valence-corrected chi connectivity index (χ0v) is 12.5. The quantitative estimate of drug-likeness (QED) is 0.681. The lowest BCUT2D eigenvalue weighted by molar-refractivity contribution is 0.530. The van der Waals surface area contributed by atoms with E-state index in [0.29, 0.717) is 0 Å². The van der Waals surface area contributed by atoms with Crippen molar-refractivity contribution in [1.29, 1.82) is 0 Å². The van der Waals surface area contributed by atoms with E-state index in [0.717, 1.165) is 36.8 Å². The molecule has 2 aromatic heterocycles. The fourth-order valence-corrected chi connectivity index (χ4v) is 2.82. The van der Waals surface area contributed by atoms with Crippen LogP contribution in [0, 0.1) is 0 Å². The summed E-state index contributed by atoms with van der Waals surface area (Å²) in [7, 11) is 0. The number of benzene rings is 1. The molecule has 6 heteroatoms. The van der Waals surface area contributed by atoms with Crippen LogP contribution in [0.25, 0.3) is 11.3 Å². The third-order valence-electron chi connectivity index (χ3n) is 3.11. The monoisotopic (exact) mass is 299 g/mol. The van der Waals surface area contributed by atoms with Crippen molar-refractivity contribution >= 4 is 11.3 Å². The molecular weight excluding hydrogens is 282 g/mol. The van der Waals surface area contributed by atoms with Crippen molar-refractivity contribution in [3.8, 4) is 11.3 Å². The maximum absolute atomic E-state index is 4.66. The van der Waals surface area contributed by atoms with Crippen molar-refractivity contribution in [2.24, 2.45) is 0 Å². The summed E-state index contributed by atoms with van der Waals surface area (Å²) >= 11 is 1.70. The second-order valence-corrected chi connectivity index (χ2v) is 5.63. The van der Waals surface area contributed by atoms with Crippen LogP contribution in [0.3, 0.4) is 0 Å². The van der Waals surface area contributed by atoms with Gasteiger partial charge in [-0.2, -0.15) is 0 Å². The Balaban J connectivity index is 1.43. The molecular formula is C15H17N5S. The maximum atomic E-state index is 4.66. The molecule has 0 saturated heterocycles. The summed E-state index contributed by atoms with van der Waals surface area (Å²) in [6, 6.07) is 10.3. The first kappa shape index (κ1) is 13.9. The largest absolute Gasteiger partial charge is 0.310 e. The molecule has 2 heterocycles. The number of thiazole rings is 1. The van der Waals surface area contributed by atoms with Crippen LogP contribution in [0.15, 0.2) is 48.1 Å². The minimum Gasteiger partial charge on any atom is -0.310 e. The zero-order valence-electron chi connectivity index (χ0n) is 11.6. The highest BCUT2D eigenvalue weighted by molar-refractivity contribution is 7.09. The number of rotatable bonds is 7. The molecule has 1 aromatic carbocycles. The molecule has 0 atom stereocenters. The van der Waals surface area contributed by atoms with Crippen LogP contribution in [0.2, 0.25) is 0 Å². The minimum atomic E-state index is 0.814. The smallest absolute Gasteiger partial charge is 0.107 e. The van der Waals surface area contributed by atoms with Crippen LogP contribution >= 0.6 is 11.3 Å². The highest BCUT2D eigenvalue weighted by Gasteiger charge is 2.03. The second-order valence-electron chi connectivity index (χ2n) is 4.69. The lowest BCUT2D eigenvalue weighted by Crippen LogP contribution is -2.16. The Morgan fingerprint density at radius 2 is 2.10 bits per heavy atom. The van der Waals surface area contributed by atoms with E-state index in [2.05, 4.69) is 38.1 Å². The van der Waals surface area contributed by atoms with Crippen LogP contribution in [-0.4, -0.2) is 26.5 Å². The van der Waals surface area contributed by atoms with Gasteiger partial charge in [-0.25, -0.2) is 4.98 Å². The summed E-state index contributed by atoms with van der Waals surface area (Å²) in [5.74, 6) is 0. The normalized spacial score (nSPS) is 10.9. The molecule has 0 unspecified atom stereocenters. The van der Waals surface area contributed by atoms with Crippen LogP contribution in [0.5, 0.6) is 0 Å². The highest BCUT2D eigenvalue weighted by atomic mass is 32.1. The fraction of sp³-hybridized carbons (Fsp3) is 0.267. The highest BCUT2D eigenvalue weighted by Crippen LogP contribution is 2.21. The molecule has 5 nitrogen and oxygen atoms in total. The van der Waals surface area contributed by atoms with Crippen LogP contribution in [0.1, 0.15) is 11.4 Å². The minimum absolute atomic E-state index is 0.814. The van der Waals surface area contributed by atoms with E-state index < -0.39 is 0 Å². The van der Waals surface area contributed by atoms with Crippen molar-refractivity contribution in [3.05, 3.63) is 53.1 Å². The van der Waals surface area contributed by atoms with Crippen molar-refractivity contribution in [2.45, 2.75) is 19.5 Å². The number of hydrogen-bond acceptors (Lipinski definition) is 5. The first-order valence-corrected chi connectivity index (χ1v) is 7.84. The molecule has 0 bridgehead atoms. The Hall–Kier alpha value is -2.05. The second kappa shape index (κ2) is 7.10. The Morgan fingerprint density at radius 3 is 2.90 bits per heavy atom. The van der Waals surface area contributed by atoms with E-state index in [1.165, 1.54) is 5.56 Å². The van der Waals surface area contributed by atoms with Gasteiger partial charge in [-0.05, 0) is 13.0 Å². The lowest BCUT2D eigenvalue weighted by Gasteiger charge is -2.02. The molecule has 108 valence electrons. The average Bonchev–Trinajstić information content (AvgIpc) is 3.19. The number of hydrogen-bond donors (Lipinski definition) is 1. The van der Waals surface area contributed by atoms with Crippen LogP contribution < -0.4 is 5.32 Å². The first-order chi connectivity index (χ1) is 10.4. The predicted molar refractivity (Wildman–Crippen MR) is 83.9 cm³/mol. The van der Waals surface area contributed by atoms with Crippen molar-refractivity contribution in [2.75, 3.05) is 6.54 Å². The van der Waals surface area contributed by atoms with Gasteiger partial charge in [0.25, 0.3) is 0 Å². The number of aryl methyl sites for hydroxylation is 1. The summed E-state index contributed by atoms with van der Waals surface area (Å²) in [6.07, 6.45) is 4.61. The molecule has 0 fully saturated rings. The van der Waals surface area contributed by atoms with Gasteiger partial charge in [-0.3, -0.25) is 4.68 Å². The SMILES string of the molecule is c1ccc(-c2csc(CNCCCn3ccnn3)n2)cc1. The molecule has 21 heavy (non-hydrogen) atoms. The average molecular weight is 299 g/mol. The zero-order chi connectivity index (χ0) is 14.3. The summed E-state index contributed by atoms with van der Waals surface area (Å²) in [4.78, 5) is 4.66. The first-order valence-electron chi connectivity index (χ1n) is 6.96. The molecule has 0 aliphatic heterocycles. The van der Waals surface area contributed by atoms with Gasteiger partial charge in [-0.15, -0.1) is 16.4 Å². The molecule has 0 aliphatic carbocycles. The Labute approximate surface area is 127 Å². The topological polar surface area (TPSA) is 55.6 Å². The van der Waals surface area contributed by atoms with E-state index in [4.69, 9.17) is 0 Å². The van der Waals surface area contributed by atoms with Gasteiger partial charge >= 0.3 is 0 Å². The third kappa shape index (κ3) is 3.96. The Bertz CT molecular complexity index is 648. The van der Waals surface area contributed by atoms with Gasteiger partial charge in [0.2, 0.25) is 0 Å². The van der Waals surface area contributed by atoms with Crippen molar-refractivity contribution < 1.29 is 0 Å². The maximum Gasteiger partial charge on any atom is 0.107 e. The Morgan fingerprint density at radius 1 is 1.19 bits per heavy atom. The van der Waals surface area contributed by atoms with Gasteiger partial charge in [0.1, 0.15) is 5.01 Å². The number of aromatic nitrogens is 4. The lowest BCUT2D eigenvalue weighted by atomic mass is 10.2. The van der Waals surface area contributed by atoms with E-state index >= 15 is 0 Å². The van der Waals surface area contributed by atoms with E-state index in [1.807, 2.05) is 29.1 Å². The van der Waals surface area contributed by atoms with Gasteiger partial charge in [0.15, 0.2) is 0 Å². The molecule has 0 aliphatic rings. The van der Waals surface area contributed by atoms with Crippen LogP contribution in [0.4, 0.5) is 0 Å². The molecule has 0 spiro atoms. The standard InChI is InChI=1S/C15H17N5S/c1-2-5-13(6-3-1)14-12-21-15(18-14)11-16-7-4-9-20-10-8-17-19-20/h1-3,5-6,8,10,12,16H,4,7,9,11H2. The summed E-state index contributed by atoms with van der Waals surface area (Å²) in [5.41, 5.74) is 2.23. The number of nitrogens with zero attached hydrogens (tertiary/aromatic N) is 4. The molecule has 0 amide bonds. The predicted octanol–water partition coefficient (Wildman–Crippen LogP) is 2.58. The van der Waals surface area contributed by atoms with Gasteiger partial charge in [0.05, 0.1) is 11.9 Å². The van der Waals surface area contributed by atoms with Gasteiger partial charge in [-0.1, -0.05) is 35.5 Å².